The van der Waals surface area contributed by atoms with E-state index in [0.29, 0.717) is 0 Å². The van der Waals surface area contributed by atoms with Gasteiger partial charge in [-0.2, -0.15) is 5.01 Å². The van der Waals surface area contributed by atoms with Gasteiger partial charge in [-0.05, 0) is 44.9 Å². The van der Waals surface area contributed by atoms with Crippen LogP contribution in [0.2, 0.25) is 0 Å². The van der Waals surface area contributed by atoms with Crippen LogP contribution in [0.3, 0.4) is 0 Å². The summed E-state index contributed by atoms with van der Waals surface area (Å²) >= 11 is 0. The molecule has 4 rings (SSSR count). The van der Waals surface area contributed by atoms with Crippen molar-refractivity contribution in [2.24, 2.45) is 0 Å². The Morgan fingerprint density at radius 2 is 1.40 bits per heavy atom. The Morgan fingerprint density at radius 3 is 2.00 bits per heavy atom. The lowest BCUT2D eigenvalue weighted by Crippen LogP contribution is -2.75. The molecule has 0 aromatic rings. The van der Waals surface area contributed by atoms with Crippen molar-refractivity contribution in [3.8, 4) is 0 Å². The molecule has 4 nitrogen and oxygen atoms in total. The third-order valence-electron chi connectivity index (χ3n) is 5.63. The maximum absolute atomic E-state index is 2.80. The Labute approximate surface area is 123 Å². The fourth-order valence-corrected chi connectivity index (χ4v) is 4.54. The van der Waals surface area contributed by atoms with E-state index < -0.39 is 0 Å². The predicted molar refractivity (Wildman–Crippen MR) is 80.7 cm³/mol. The second kappa shape index (κ2) is 5.32. The van der Waals surface area contributed by atoms with Crippen LogP contribution >= 0.6 is 0 Å². The molecule has 3 saturated heterocycles. The Balaban J connectivity index is 1.66. The molecule has 0 aliphatic carbocycles. The maximum atomic E-state index is 2.80. The molecule has 0 spiro atoms. The van der Waals surface area contributed by atoms with Crippen molar-refractivity contribution in [3.63, 3.8) is 0 Å². The van der Waals surface area contributed by atoms with Gasteiger partial charge in [0.15, 0.2) is 0 Å². The molecule has 1 atom stereocenters. The molecule has 0 aromatic carbocycles. The number of nitrogens with zero attached hydrogens (tertiary/aromatic N) is 4. The summed E-state index contributed by atoms with van der Waals surface area (Å²) in [6.45, 7) is 7.60. The first-order valence-electron chi connectivity index (χ1n) is 8.62. The molecular formula is C16H28N4. The molecule has 4 aliphatic heterocycles. The zero-order valence-electron chi connectivity index (χ0n) is 12.6. The lowest BCUT2D eigenvalue weighted by Gasteiger charge is -2.62. The maximum Gasteiger partial charge on any atom is 0.148 e. The quantitative estimate of drug-likeness (QED) is 0.782. The normalized spacial score (nSPS) is 36.7. The van der Waals surface area contributed by atoms with Gasteiger partial charge in [-0.25, -0.2) is 0 Å². The molecule has 20 heavy (non-hydrogen) atoms. The second-order valence-electron chi connectivity index (χ2n) is 6.73. The number of rotatable bonds is 3. The van der Waals surface area contributed by atoms with E-state index in [1.165, 1.54) is 84.2 Å². The van der Waals surface area contributed by atoms with Crippen LogP contribution in [0.25, 0.3) is 0 Å². The van der Waals surface area contributed by atoms with Crippen molar-refractivity contribution < 1.29 is 0 Å². The Bertz CT molecular complexity index is 373. The minimum Gasteiger partial charge on any atom is -0.310 e. The summed E-state index contributed by atoms with van der Waals surface area (Å²) < 4.78 is 0. The SMILES string of the molecule is C1=CN(N2CCCCC2(N2CCCC2)N2CCC2)CC1. The van der Waals surface area contributed by atoms with E-state index in [4.69, 9.17) is 0 Å². The third kappa shape index (κ3) is 1.92. The first-order valence-corrected chi connectivity index (χ1v) is 8.62. The number of likely N-dealkylation sites (tertiary alicyclic amines) is 2. The second-order valence-corrected chi connectivity index (χ2v) is 6.73. The van der Waals surface area contributed by atoms with Crippen molar-refractivity contribution in [1.82, 2.24) is 19.8 Å². The van der Waals surface area contributed by atoms with Crippen molar-refractivity contribution in [2.45, 2.75) is 50.7 Å². The van der Waals surface area contributed by atoms with Gasteiger partial charge in [0.25, 0.3) is 0 Å². The average Bonchev–Trinajstić information content (AvgIpc) is 3.11. The van der Waals surface area contributed by atoms with Crippen molar-refractivity contribution in [2.75, 3.05) is 39.3 Å². The molecule has 0 N–H and O–H groups in total. The summed E-state index contributed by atoms with van der Waals surface area (Å²) in [5.41, 5.74) is 0. The Hall–Kier alpha value is -0.580. The van der Waals surface area contributed by atoms with Crippen molar-refractivity contribution in [3.05, 3.63) is 12.3 Å². The number of hydrogen-bond acceptors (Lipinski definition) is 4. The highest BCUT2D eigenvalue weighted by atomic mass is 15.8. The van der Waals surface area contributed by atoms with Crippen molar-refractivity contribution in [1.29, 1.82) is 0 Å². The van der Waals surface area contributed by atoms with E-state index in [2.05, 4.69) is 32.1 Å². The molecule has 4 heteroatoms. The standard InChI is InChI=1S/C16H28N4/c1-2-15-20(19-13-5-6-14-19)16(8-1,18-11-7-12-18)17-9-3-4-10-17/h5,13H,1-4,6-12,14-15H2. The minimum absolute atomic E-state index is 0.210. The molecule has 112 valence electrons. The van der Waals surface area contributed by atoms with Gasteiger partial charge in [0.1, 0.15) is 5.79 Å². The summed E-state index contributed by atoms with van der Waals surface area (Å²) in [6.07, 6.45) is 14.1. The van der Waals surface area contributed by atoms with Crippen LogP contribution in [0.1, 0.15) is 44.9 Å². The largest absolute Gasteiger partial charge is 0.310 e. The lowest BCUT2D eigenvalue weighted by molar-refractivity contribution is -0.260. The predicted octanol–water partition coefficient (Wildman–Crippen LogP) is 2.06. The van der Waals surface area contributed by atoms with Crippen LogP contribution in [-0.2, 0) is 0 Å². The molecule has 4 aliphatic rings. The average molecular weight is 276 g/mol. The van der Waals surface area contributed by atoms with Gasteiger partial charge >= 0.3 is 0 Å². The van der Waals surface area contributed by atoms with Crippen LogP contribution in [-0.4, -0.2) is 64.9 Å². The van der Waals surface area contributed by atoms with Crippen LogP contribution in [0, 0.1) is 0 Å². The van der Waals surface area contributed by atoms with Gasteiger partial charge in [-0.3, -0.25) is 9.80 Å². The van der Waals surface area contributed by atoms with E-state index >= 15 is 0 Å². The van der Waals surface area contributed by atoms with E-state index in [9.17, 15) is 0 Å². The minimum atomic E-state index is 0.210. The first kappa shape index (κ1) is 13.1. The summed E-state index contributed by atoms with van der Waals surface area (Å²) in [5, 5.41) is 5.25. The molecule has 0 amide bonds. The zero-order valence-corrected chi connectivity index (χ0v) is 12.6. The zero-order chi connectivity index (χ0) is 13.4. The highest BCUT2D eigenvalue weighted by Crippen LogP contribution is 2.41. The van der Waals surface area contributed by atoms with Gasteiger partial charge in [0, 0.05) is 45.5 Å². The summed E-state index contributed by atoms with van der Waals surface area (Å²) in [5.74, 6) is 0.210. The highest BCUT2D eigenvalue weighted by Gasteiger charge is 2.52. The van der Waals surface area contributed by atoms with Gasteiger partial charge in [0.2, 0.25) is 0 Å². The van der Waals surface area contributed by atoms with Crippen LogP contribution in [0.4, 0.5) is 0 Å². The Kier molecular flexibility index (Phi) is 3.49. The van der Waals surface area contributed by atoms with Gasteiger partial charge in [-0.1, -0.05) is 6.08 Å². The molecular weight excluding hydrogens is 248 g/mol. The summed E-state index contributed by atoms with van der Waals surface area (Å²) in [6, 6.07) is 0. The summed E-state index contributed by atoms with van der Waals surface area (Å²) in [4.78, 5) is 5.57. The van der Waals surface area contributed by atoms with Gasteiger partial charge in [0.05, 0.1) is 0 Å². The third-order valence-corrected chi connectivity index (χ3v) is 5.63. The first-order chi connectivity index (χ1) is 9.91. The van der Waals surface area contributed by atoms with Crippen LogP contribution in [0.5, 0.6) is 0 Å². The molecule has 0 bridgehead atoms. The van der Waals surface area contributed by atoms with Crippen LogP contribution < -0.4 is 0 Å². The Morgan fingerprint density at radius 1 is 0.700 bits per heavy atom. The smallest absolute Gasteiger partial charge is 0.148 e. The van der Waals surface area contributed by atoms with Gasteiger partial charge in [-0.15, -0.1) is 0 Å². The van der Waals surface area contributed by atoms with E-state index in [1.54, 1.807) is 0 Å². The van der Waals surface area contributed by atoms with Gasteiger partial charge < -0.3 is 5.01 Å². The van der Waals surface area contributed by atoms with Crippen molar-refractivity contribution >= 4 is 0 Å². The molecule has 0 radical (unpaired) electrons. The van der Waals surface area contributed by atoms with E-state index in [0.717, 1.165) is 0 Å². The highest BCUT2D eigenvalue weighted by molar-refractivity contribution is 5.00. The topological polar surface area (TPSA) is 13.0 Å². The summed E-state index contributed by atoms with van der Waals surface area (Å²) in [7, 11) is 0. The fraction of sp³-hybridized carbons (Fsp3) is 0.875. The molecule has 3 fully saturated rings. The molecule has 0 aromatic heterocycles. The lowest BCUT2D eigenvalue weighted by atomic mass is 9.97. The van der Waals surface area contributed by atoms with Crippen LogP contribution in [0.15, 0.2) is 12.3 Å². The molecule has 4 heterocycles. The number of hydrogen-bond donors (Lipinski definition) is 0. The molecule has 1 unspecified atom stereocenters. The fourth-order valence-electron chi connectivity index (χ4n) is 4.54. The van der Waals surface area contributed by atoms with E-state index in [-0.39, 0.29) is 5.79 Å². The number of hydrazine groups is 1. The number of piperidine rings is 1. The monoisotopic (exact) mass is 276 g/mol. The van der Waals surface area contributed by atoms with E-state index in [1.807, 2.05) is 0 Å². The molecule has 0 saturated carbocycles.